The molecule has 0 bridgehead atoms. The number of benzene rings is 2. The fraction of sp³-hybridized carbons (Fsp3) is 0.211. The number of nitrogens with zero attached hydrogens (tertiary/aromatic N) is 1. The van der Waals surface area contributed by atoms with Crippen LogP contribution in [0.5, 0.6) is 5.75 Å². The summed E-state index contributed by atoms with van der Waals surface area (Å²) in [4.78, 5) is 37.4. The van der Waals surface area contributed by atoms with Crippen LogP contribution in [-0.2, 0) is 20.8 Å². The van der Waals surface area contributed by atoms with Gasteiger partial charge in [-0.1, -0.05) is 42.5 Å². The summed E-state index contributed by atoms with van der Waals surface area (Å²) in [7, 11) is 0. The molecule has 0 fully saturated rings. The molecule has 0 saturated carbocycles. The van der Waals surface area contributed by atoms with Crippen molar-refractivity contribution in [2.24, 2.45) is 0 Å². The molecule has 3 amide bonds. The minimum absolute atomic E-state index is 0.0492. The molecule has 0 radical (unpaired) electrons. The number of para-hydroxylation sites is 2. The Labute approximate surface area is 150 Å². The Balaban J connectivity index is 1.47. The summed E-state index contributed by atoms with van der Waals surface area (Å²) < 4.78 is 5.36. The smallest absolute Gasteiger partial charge is 0.265 e. The Bertz CT molecular complexity index is 807. The second kappa shape index (κ2) is 8.15. The van der Waals surface area contributed by atoms with Gasteiger partial charge in [0.2, 0.25) is 11.8 Å². The summed E-state index contributed by atoms with van der Waals surface area (Å²) in [5.41, 5.74) is 6.26. The summed E-state index contributed by atoms with van der Waals surface area (Å²) in [6.45, 7) is 0.159. The van der Waals surface area contributed by atoms with Gasteiger partial charge >= 0.3 is 0 Å². The van der Waals surface area contributed by atoms with Crippen molar-refractivity contribution in [3.63, 3.8) is 0 Å². The largest absolute Gasteiger partial charge is 0.482 e. The predicted octanol–water partition coefficient (Wildman–Crippen LogP) is 1.19. The molecular weight excluding hydrogens is 334 g/mol. The number of hydrogen-bond acceptors (Lipinski definition) is 4. The average Bonchev–Trinajstić information content (AvgIpc) is 2.66. The maximum Gasteiger partial charge on any atom is 0.265 e. The first-order chi connectivity index (χ1) is 12.6. The quantitative estimate of drug-likeness (QED) is 0.791. The van der Waals surface area contributed by atoms with Crippen LogP contribution in [0, 0.1) is 0 Å². The van der Waals surface area contributed by atoms with Gasteiger partial charge in [0.05, 0.1) is 12.1 Å². The van der Waals surface area contributed by atoms with E-state index in [1.165, 1.54) is 4.90 Å². The lowest BCUT2D eigenvalue weighted by Crippen LogP contribution is -2.45. The Morgan fingerprint density at radius 3 is 2.46 bits per heavy atom. The van der Waals surface area contributed by atoms with E-state index in [1.807, 2.05) is 36.4 Å². The van der Waals surface area contributed by atoms with Gasteiger partial charge < -0.3 is 9.64 Å². The maximum atomic E-state index is 12.0. The second-order valence-electron chi connectivity index (χ2n) is 5.81. The van der Waals surface area contributed by atoms with Crippen molar-refractivity contribution in [2.75, 3.05) is 18.1 Å². The highest BCUT2D eigenvalue weighted by atomic mass is 16.5. The van der Waals surface area contributed by atoms with Gasteiger partial charge in [-0.15, -0.1) is 0 Å². The van der Waals surface area contributed by atoms with Crippen LogP contribution in [-0.4, -0.2) is 30.9 Å². The normalized spacial score (nSPS) is 12.8. The molecule has 26 heavy (non-hydrogen) atoms. The summed E-state index contributed by atoms with van der Waals surface area (Å²) in [6.07, 6.45) is 0.238. The zero-order valence-corrected chi connectivity index (χ0v) is 14.1. The third kappa shape index (κ3) is 4.38. The molecule has 0 spiro atoms. The lowest BCUT2D eigenvalue weighted by molar-refractivity contribution is -0.128. The number of nitrogens with one attached hydrogen (secondary N) is 2. The molecule has 7 nitrogen and oxygen atoms in total. The predicted molar refractivity (Wildman–Crippen MR) is 95.3 cm³/mol. The first-order valence-electron chi connectivity index (χ1n) is 8.27. The molecule has 0 saturated heterocycles. The standard InChI is InChI=1S/C19H19N3O4/c23-17(20-21-18(24)12-14-6-2-1-3-7-14)10-11-22-15-8-4-5-9-16(15)26-13-19(22)25/h1-9H,10-13H2,(H,20,23)(H,21,24). The fourth-order valence-electron chi connectivity index (χ4n) is 2.64. The summed E-state index contributed by atoms with van der Waals surface area (Å²) in [6, 6.07) is 16.4. The Hall–Kier alpha value is -3.35. The molecule has 7 heteroatoms. The van der Waals surface area contributed by atoms with Crippen LogP contribution < -0.4 is 20.5 Å². The average molecular weight is 353 g/mol. The van der Waals surface area contributed by atoms with Crippen LogP contribution >= 0.6 is 0 Å². The van der Waals surface area contributed by atoms with E-state index in [2.05, 4.69) is 10.9 Å². The van der Waals surface area contributed by atoms with Crippen LogP contribution in [0.4, 0.5) is 5.69 Å². The van der Waals surface area contributed by atoms with Crippen molar-refractivity contribution in [3.05, 3.63) is 60.2 Å². The topological polar surface area (TPSA) is 87.7 Å². The van der Waals surface area contributed by atoms with E-state index in [-0.39, 0.29) is 43.7 Å². The monoisotopic (exact) mass is 353 g/mol. The molecule has 2 N–H and O–H groups in total. The Morgan fingerprint density at radius 2 is 1.65 bits per heavy atom. The number of hydrazine groups is 1. The Kier molecular flexibility index (Phi) is 5.48. The van der Waals surface area contributed by atoms with Crippen molar-refractivity contribution in [1.82, 2.24) is 10.9 Å². The molecule has 0 aromatic heterocycles. The van der Waals surface area contributed by atoms with Crippen molar-refractivity contribution < 1.29 is 19.1 Å². The van der Waals surface area contributed by atoms with Crippen LogP contribution in [0.15, 0.2) is 54.6 Å². The van der Waals surface area contributed by atoms with Crippen LogP contribution in [0.25, 0.3) is 0 Å². The molecule has 3 rings (SSSR count). The highest BCUT2D eigenvalue weighted by Gasteiger charge is 2.25. The van der Waals surface area contributed by atoms with Gasteiger partial charge in [-0.25, -0.2) is 0 Å². The number of ether oxygens (including phenoxy) is 1. The number of amides is 3. The van der Waals surface area contributed by atoms with E-state index in [1.54, 1.807) is 18.2 Å². The van der Waals surface area contributed by atoms with Crippen molar-refractivity contribution in [2.45, 2.75) is 12.8 Å². The number of anilines is 1. The van der Waals surface area contributed by atoms with Gasteiger partial charge in [-0.05, 0) is 17.7 Å². The van der Waals surface area contributed by atoms with Crippen LogP contribution in [0.3, 0.4) is 0 Å². The highest BCUT2D eigenvalue weighted by Crippen LogP contribution is 2.31. The van der Waals surface area contributed by atoms with E-state index in [0.29, 0.717) is 11.4 Å². The molecule has 1 aliphatic rings. The molecule has 0 unspecified atom stereocenters. The van der Waals surface area contributed by atoms with Gasteiger partial charge in [0.1, 0.15) is 5.75 Å². The summed E-state index contributed by atoms with van der Waals surface area (Å²) in [5.74, 6) is -0.270. The molecule has 0 atom stereocenters. The third-order valence-electron chi connectivity index (χ3n) is 3.92. The van der Waals surface area contributed by atoms with E-state index >= 15 is 0 Å². The first-order valence-corrected chi connectivity index (χ1v) is 8.27. The molecule has 1 heterocycles. The van der Waals surface area contributed by atoms with Gasteiger partial charge in [-0.2, -0.15) is 0 Å². The SMILES string of the molecule is O=C(CCN1C(=O)COc2ccccc21)NNC(=O)Cc1ccccc1. The zero-order valence-electron chi connectivity index (χ0n) is 14.1. The Morgan fingerprint density at radius 1 is 0.962 bits per heavy atom. The van der Waals surface area contributed by atoms with E-state index in [4.69, 9.17) is 4.74 Å². The minimum atomic E-state index is -0.372. The molecule has 2 aromatic rings. The van der Waals surface area contributed by atoms with E-state index in [9.17, 15) is 14.4 Å². The number of hydrogen-bond donors (Lipinski definition) is 2. The van der Waals surface area contributed by atoms with Gasteiger partial charge in [0, 0.05) is 13.0 Å². The lowest BCUT2D eigenvalue weighted by atomic mass is 10.1. The van der Waals surface area contributed by atoms with Crippen molar-refractivity contribution in [1.29, 1.82) is 0 Å². The van der Waals surface area contributed by atoms with Crippen molar-refractivity contribution in [3.8, 4) is 5.75 Å². The van der Waals surface area contributed by atoms with E-state index < -0.39 is 0 Å². The van der Waals surface area contributed by atoms with Gasteiger partial charge in [0.25, 0.3) is 5.91 Å². The maximum absolute atomic E-state index is 12.0. The van der Waals surface area contributed by atoms with Crippen LogP contribution in [0.2, 0.25) is 0 Å². The molecular formula is C19H19N3O4. The molecule has 0 aliphatic carbocycles. The highest BCUT2D eigenvalue weighted by molar-refractivity contribution is 5.98. The number of carbonyl (C=O) groups is 3. The minimum Gasteiger partial charge on any atom is -0.482 e. The fourth-order valence-corrected chi connectivity index (χ4v) is 2.64. The molecule has 134 valence electrons. The first kappa shape index (κ1) is 17.5. The lowest BCUT2D eigenvalue weighted by Gasteiger charge is -2.29. The van der Waals surface area contributed by atoms with Crippen molar-refractivity contribution >= 4 is 23.4 Å². The van der Waals surface area contributed by atoms with Gasteiger partial charge in [-0.3, -0.25) is 25.2 Å². The molecule has 1 aliphatic heterocycles. The summed E-state index contributed by atoms with van der Waals surface area (Å²) in [5, 5.41) is 0. The number of carbonyl (C=O) groups excluding carboxylic acids is 3. The molecule has 2 aromatic carbocycles. The summed E-state index contributed by atoms with van der Waals surface area (Å²) >= 11 is 0. The zero-order chi connectivity index (χ0) is 18.4. The third-order valence-corrected chi connectivity index (χ3v) is 3.92. The second-order valence-corrected chi connectivity index (χ2v) is 5.81. The van der Waals surface area contributed by atoms with E-state index in [0.717, 1.165) is 5.56 Å². The number of rotatable bonds is 5. The van der Waals surface area contributed by atoms with Gasteiger partial charge in [0.15, 0.2) is 6.61 Å². The van der Waals surface area contributed by atoms with Crippen LogP contribution in [0.1, 0.15) is 12.0 Å². The number of fused-ring (bicyclic) bond motifs is 1.